The third-order valence-corrected chi connectivity index (χ3v) is 6.49. The summed E-state index contributed by atoms with van der Waals surface area (Å²) in [6.07, 6.45) is 1.50. The number of nitrogens with one attached hydrogen (secondary N) is 3. The number of methoxy groups -OCH3 is 2. The largest absolute Gasteiger partial charge is 0.497 e. The molecule has 0 amide bonds. The lowest BCUT2D eigenvalue weighted by Crippen LogP contribution is -2.22. The van der Waals surface area contributed by atoms with Gasteiger partial charge in [-0.3, -0.25) is 10.1 Å². The second kappa shape index (κ2) is 11.9. The molecule has 1 aliphatic rings. The average Bonchev–Trinajstić information content (AvgIpc) is 2.97. The predicted molar refractivity (Wildman–Crippen MR) is 148 cm³/mol. The molecule has 0 fully saturated rings. The van der Waals surface area contributed by atoms with Gasteiger partial charge in [0, 0.05) is 30.2 Å². The van der Waals surface area contributed by atoms with Crippen molar-refractivity contribution in [2.75, 3.05) is 36.8 Å². The molecule has 1 aromatic heterocycles. The lowest BCUT2D eigenvalue weighted by Gasteiger charge is -2.27. The van der Waals surface area contributed by atoms with Crippen molar-refractivity contribution in [1.82, 2.24) is 9.97 Å². The van der Waals surface area contributed by atoms with Gasteiger partial charge in [0.05, 0.1) is 43.2 Å². The molecule has 0 radical (unpaired) electrons. The van der Waals surface area contributed by atoms with Crippen LogP contribution in [-0.4, -0.2) is 35.7 Å². The van der Waals surface area contributed by atoms with Crippen LogP contribution < -0.4 is 30.2 Å². The van der Waals surface area contributed by atoms with Crippen molar-refractivity contribution >= 4 is 28.8 Å². The first-order valence-corrected chi connectivity index (χ1v) is 12.6. The zero-order valence-corrected chi connectivity index (χ0v) is 22.1. The molecule has 2 heterocycles. The van der Waals surface area contributed by atoms with Gasteiger partial charge in [0.25, 0.3) is 0 Å². The summed E-state index contributed by atoms with van der Waals surface area (Å²) in [5.41, 5.74) is 1.79. The van der Waals surface area contributed by atoms with Crippen LogP contribution in [0, 0.1) is 21.7 Å². The summed E-state index contributed by atoms with van der Waals surface area (Å²) >= 11 is 0. The van der Waals surface area contributed by atoms with Crippen LogP contribution in [0.4, 0.5) is 37.6 Å². The van der Waals surface area contributed by atoms with Crippen LogP contribution in [0.5, 0.6) is 17.2 Å². The molecule has 13 heteroatoms. The van der Waals surface area contributed by atoms with Gasteiger partial charge >= 0.3 is 5.69 Å². The number of para-hydroxylation sites is 1. The Labute approximate surface area is 233 Å². The van der Waals surface area contributed by atoms with Gasteiger partial charge in [-0.25, -0.2) is 13.8 Å². The maximum absolute atomic E-state index is 14.3. The molecule has 3 N–H and O–H groups in total. The minimum atomic E-state index is -0.606. The van der Waals surface area contributed by atoms with Gasteiger partial charge in [-0.1, -0.05) is 12.1 Å². The van der Waals surface area contributed by atoms with E-state index in [9.17, 15) is 18.9 Å². The van der Waals surface area contributed by atoms with E-state index in [4.69, 9.17) is 14.2 Å². The van der Waals surface area contributed by atoms with Crippen LogP contribution in [0.25, 0.3) is 0 Å². The molecule has 0 aliphatic carbocycles. The molecule has 5 rings (SSSR count). The number of rotatable bonds is 10. The van der Waals surface area contributed by atoms with E-state index in [-0.39, 0.29) is 29.8 Å². The fraction of sp³-hybridized carbons (Fsp3) is 0.214. The van der Waals surface area contributed by atoms with Gasteiger partial charge in [-0.2, -0.15) is 4.98 Å². The van der Waals surface area contributed by atoms with E-state index >= 15 is 0 Å². The van der Waals surface area contributed by atoms with Crippen molar-refractivity contribution in [2.24, 2.45) is 0 Å². The third-order valence-electron chi connectivity index (χ3n) is 6.49. The molecule has 4 aromatic rings. The molecule has 41 heavy (non-hydrogen) atoms. The Kier molecular flexibility index (Phi) is 7.94. The van der Waals surface area contributed by atoms with Crippen LogP contribution in [0.2, 0.25) is 0 Å². The number of benzene rings is 3. The number of halogens is 2. The zero-order chi connectivity index (χ0) is 28.9. The number of fused-ring (bicyclic) bond motifs is 1. The van der Waals surface area contributed by atoms with E-state index in [2.05, 4.69) is 25.9 Å². The standard InChI is InChI=1S/C28H26F2N6O5/c1-39-18-8-6-16(25(13-18)40-2)14-31-23-12-17(29)7-9-22(23)34-28-32-15-24(36(37)38)27(35-28)33-21-10-11-41-26-19(21)4-3-5-20(26)30/h3-9,12-13,15,21,31H,10-11,14H2,1-2H3,(H2,32,33,34,35). The highest BCUT2D eigenvalue weighted by Gasteiger charge is 2.27. The molecular weight excluding hydrogens is 538 g/mol. The van der Waals surface area contributed by atoms with Crippen LogP contribution in [0.1, 0.15) is 23.6 Å². The molecule has 0 spiro atoms. The van der Waals surface area contributed by atoms with Crippen LogP contribution >= 0.6 is 0 Å². The van der Waals surface area contributed by atoms with Crippen molar-refractivity contribution in [3.63, 3.8) is 0 Å². The van der Waals surface area contributed by atoms with E-state index in [1.807, 2.05) is 6.07 Å². The topological polar surface area (TPSA) is 133 Å². The summed E-state index contributed by atoms with van der Waals surface area (Å²) in [5.74, 6) is 0.297. The van der Waals surface area contributed by atoms with Crippen molar-refractivity contribution in [1.29, 1.82) is 0 Å². The first kappa shape index (κ1) is 27.4. The highest BCUT2D eigenvalue weighted by Crippen LogP contribution is 2.38. The minimum absolute atomic E-state index is 0.0290. The van der Waals surface area contributed by atoms with Crippen LogP contribution in [-0.2, 0) is 6.54 Å². The summed E-state index contributed by atoms with van der Waals surface area (Å²) in [4.78, 5) is 19.6. The van der Waals surface area contributed by atoms with E-state index in [0.717, 1.165) is 11.8 Å². The maximum atomic E-state index is 14.3. The summed E-state index contributed by atoms with van der Waals surface area (Å²) < 4.78 is 44.6. The third kappa shape index (κ3) is 6.03. The lowest BCUT2D eigenvalue weighted by molar-refractivity contribution is -0.384. The summed E-state index contributed by atoms with van der Waals surface area (Å²) in [6, 6.07) is 13.5. The van der Waals surface area contributed by atoms with Crippen molar-refractivity contribution in [2.45, 2.75) is 19.0 Å². The number of hydrogen-bond acceptors (Lipinski definition) is 10. The van der Waals surface area contributed by atoms with Crippen molar-refractivity contribution in [3.8, 4) is 17.2 Å². The Balaban J connectivity index is 1.40. The van der Waals surface area contributed by atoms with Gasteiger partial charge < -0.3 is 30.2 Å². The monoisotopic (exact) mass is 564 g/mol. The summed E-state index contributed by atoms with van der Waals surface area (Å²) in [5, 5.41) is 21.0. The molecular formula is C28H26F2N6O5. The molecule has 11 nitrogen and oxygen atoms in total. The van der Waals surface area contributed by atoms with Gasteiger partial charge in [0.15, 0.2) is 11.6 Å². The Morgan fingerprint density at radius 2 is 1.95 bits per heavy atom. The molecule has 0 saturated heterocycles. The highest BCUT2D eigenvalue weighted by atomic mass is 19.1. The molecule has 3 aromatic carbocycles. The summed E-state index contributed by atoms with van der Waals surface area (Å²) in [7, 11) is 3.10. The fourth-order valence-electron chi connectivity index (χ4n) is 4.46. The quantitative estimate of drug-likeness (QED) is 0.156. The van der Waals surface area contributed by atoms with Crippen molar-refractivity contribution in [3.05, 3.63) is 93.7 Å². The first-order valence-electron chi connectivity index (χ1n) is 12.6. The molecule has 0 bridgehead atoms. The molecule has 0 saturated carbocycles. The SMILES string of the molecule is COc1ccc(CNc2cc(F)ccc2Nc2ncc([N+](=O)[O-])c(NC3CCOc4c(F)cccc43)n2)c(OC)c1. The number of anilines is 4. The highest BCUT2D eigenvalue weighted by molar-refractivity contribution is 5.73. The van der Waals surface area contributed by atoms with E-state index in [1.54, 1.807) is 38.5 Å². The molecule has 1 aliphatic heterocycles. The van der Waals surface area contributed by atoms with Crippen molar-refractivity contribution < 1.29 is 27.9 Å². The number of ether oxygens (including phenoxy) is 3. The number of nitrogens with zero attached hydrogens (tertiary/aromatic N) is 3. The van der Waals surface area contributed by atoms with E-state index in [1.165, 1.54) is 24.3 Å². The smallest absolute Gasteiger partial charge is 0.329 e. The maximum Gasteiger partial charge on any atom is 0.329 e. The average molecular weight is 565 g/mol. The Hall–Kier alpha value is -5.20. The predicted octanol–water partition coefficient (Wildman–Crippen LogP) is 5.97. The molecule has 1 atom stereocenters. The number of nitro groups is 1. The zero-order valence-electron chi connectivity index (χ0n) is 22.1. The summed E-state index contributed by atoms with van der Waals surface area (Å²) in [6.45, 7) is 0.512. The van der Waals surface area contributed by atoms with Gasteiger partial charge in [0.1, 0.15) is 23.5 Å². The minimum Gasteiger partial charge on any atom is -0.497 e. The van der Waals surface area contributed by atoms with Gasteiger partial charge in [-0.05, 0) is 36.4 Å². The lowest BCUT2D eigenvalue weighted by atomic mass is 10.0. The Morgan fingerprint density at radius 3 is 2.73 bits per heavy atom. The molecule has 1 unspecified atom stereocenters. The number of aromatic nitrogens is 2. The van der Waals surface area contributed by atoms with Gasteiger partial charge in [0.2, 0.25) is 11.8 Å². The second-order valence-corrected chi connectivity index (χ2v) is 9.02. The Morgan fingerprint density at radius 1 is 1.10 bits per heavy atom. The van der Waals surface area contributed by atoms with Crippen LogP contribution in [0.15, 0.2) is 60.8 Å². The van der Waals surface area contributed by atoms with E-state index < -0.39 is 22.6 Å². The van der Waals surface area contributed by atoms with Crippen LogP contribution in [0.3, 0.4) is 0 Å². The van der Waals surface area contributed by atoms with E-state index in [0.29, 0.717) is 41.4 Å². The first-order chi connectivity index (χ1) is 19.9. The normalized spacial score (nSPS) is 13.9. The fourth-order valence-corrected chi connectivity index (χ4v) is 4.46. The Bertz CT molecular complexity index is 1590. The number of hydrogen-bond donors (Lipinski definition) is 3. The molecule has 212 valence electrons. The second-order valence-electron chi connectivity index (χ2n) is 9.02. The van der Waals surface area contributed by atoms with Gasteiger partial charge in [-0.15, -0.1) is 0 Å².